The molecule has 0 heterocycles. The SMILES string of the molecule is CCN(C)Cc1cccc(CNC(=O)c2cccc(N)c2)c1.Cl.Cl. The lowest BCUT2D eigenvalue weighted by atomic mass is 10.1. The van der Waals surface area contributed by atoms with E-state index in [9.17, 15) is 4.79 Å². The lowest BCUT2D eigenvalue weighted by Crippen LogP contribution is -2.23. The van der Waals surface area contributed by atoms with Crippen LogP contribution >= 0.6 is 24.8 Å². The van der Waals surface area contributed by atoms with Crippen molar-refractivity contribution in [1.82, 2.24) is 10.2 Å². The Labute approximate surface area is 156 Å². The molecular formula is C18H25Cl2N3O. The molecule has 3 N–H and O–H groups in total. The third kappa shape index (κ3) is 6.79. The van der Waals surface area contributed by atoms with E-state index >= 15 is 0 Å². The Kier molecular flexibility index (Phi) is 10.1. The Morgan fingerprint density at radius 2 is 1.75 bits per heavy atom. The predicted molar refractivity (Wildman–Crippen MR) is 105 cm³/mol. The molecule has 0 radical (unpaired) electrons. The van der Waals surface area contributed by atoms with Gasteiger partial charge in [0.05, 0.1) is 0 Å². The van der Waals surface area contributed by atoms with E-state index in [0.717, 1.165) is 18.7 Å². The number of amides is 1. The van der Waals surface area contributed by atoms with Gasteiger partial charge in [-0.3, -0.25) is 4.79 Å². The van der Waals surface area contributed by atoms with Gasteiger partial charge in [-0.1, -0.05) is 37.3 Å². The Morgan fingerprint density at radius 1 is 1.08 bits per heavy atom. The summed E-state index contributed by atoms with van der Waals surface area (Å²) in [5.74, 6) is -0.108. The second kappa shape index (κ2) is 10.9. The first kappa shape index (κ1) is 22.2. The van der Waals surface area contributed by atoms with Crippen molar-refractivity contribution in [2.24, 2.45) is 0 Å². The molecule has 1 amide bonds. The smallest absolute Gasteiger partial charge is 0.251 e. The highest BCUT2D eigenvalue weighted by molar-refractivity contribution is 5.94. The third-order valence-electron chi connectivity index (χ3n) is 3.59. The van der Waals surface area contributed by atoms with E-state index in [0.29, 0.717) is 17.8 Å². The van der Waals surface area contributed by atoms with Crippen LogP contribution in [0.15, 0.2) is 48.5 Å². The minimum absolute atomic E-state index is 0. The first-order valence-corrected chi connectivity index (χ1v) is 7.48. The van der Waals surface area contributed by atoms with Crippen molar-refractivity contribution in [3.63, 3.8) is 0 Å². The average molecular weight is 370 g/mol. The first-order chi connectivity index (χ1) is 10.6. The maximum atomic E-state index is 12.1. The van der Waals surface area contributed by atoms with Gasteiger partial charge < -0.3 is 16.0 Å². The van der Waals surface area contributed by atoms with Gasteiger partial charge in [0, 0.05) is 24.3 Å². The van der Waals surface area contributed by atoms with Crippen molar-refractivity contribution in [2.45, 2.75) is 20.0 Å². The van der Waals surface area contributed by atoms with Crippen molar-refractivity contribution in [1.29, 1.82) is 0 Å². The summed E-state index contributed by atoms with van der Waals surface area (Å²) < 4.78 is 0. The van der Waals surface area contributed by atoms with Gasteiger partial charge in [0.1, 0.15) is 0 Å². The van der Waals surface area contributed by atoms with Gasteiger partial charge in [-0.2, -0.15) is 0 Å². The number of nitrogens with one attached hydrogen (secondary N) is 1. The van der Waals surface area contributed by atoms with Gasteiger partial charge in [0.25, 0.3) is 5.91 Å². The zero-order valence-corrected chi connectivity index (χ0v) is 15.6. The summed E-state index contributed by atoms with van der Waals surface area (Å²) >= 11 is 0. The van der Waals surface area contributed by atoms with Gasteiger partial charge in [-0.25, -0.2) is 0 Å². The van der Waals surface area contributed by atoms with Crippen LogP contribution in [0.25, 0.3) is 0 Å². The normalized spacial score (nSPS) is 9.79. The van der Waals surface area contributed by atoms with E-state index < -0.39 is 0 Å². The number of rotatable bonds is 6. The van der Waals surface area contributed by atoms with Crippen molar-refractivity contribution in [2.75, 3.05) is 19.3 Å². The number of hydrogen-bond donors (Lipinski definition) is 2. The van der Waals surface area contributed by atoms with Crippen LogP contribution in [-0.2, 0) is 13.1 Å². The molecule has 6 heteroatoms. The molecule has 0 bridgehead atoms. The van der Waals surface area contributed by atoms with Crippen molar-refractivity contribution in [3.8, 4) is 0 Å². The van der Waals surface area contributed by atoms with Crippen LogP contribution in [0.5, 0.6) is 0 Å². The maximum Gasteiger partial charge on any atom is 0.251 e. The highest BCUT2D eigenvalue weighted by Gasteiger charge is 2.06. The van der Waals surface area contributed by atoms with E-state index in [2.05, 4.69) is 36.3 Å². The highest BCUT2D eigenvalue weighted by atomic mass is 35.5. The van der Waals surface area contributed by atoms with Crippen molar-refractivity contribution >= 4 is 36.4 Å². The summed E-state index contributed by atoms with van der Waals surface area (Å²) in [4.78, 5) is 14.3. The average Bonchev–Trinajstić information content (AvgIpc) is 2.53. The van der Waals surface area contributed by atoms with E-state index in [1.807, 2.05) is 12.1 Å². The fourth-order valence-electron chi connectivity index (χ4n) is 2.23. The monoisotopic (exact) mass is 369 g/mol. The molecule has 0 unspecified atom stereocenters. The minimum Gasteiger partial charge on any atom is -0.399 e. The van der Waals surface area contributed by atoms with Crippen molar-refractivity contribution < 1.29 is 4.79 Å². The van der Waals surface area contributed by atoms with Gasteiger partial charge >= 0.3 is 0 Å². The molecule has 0 atom stereocenters. The Hall–Kier alpha value is -1.75. The number of anilines is 1. The standard InChI is InChI=1S/C18H23N3O.2ClH/c1-3-21(2)13-15-7-4-6-14(10-15)12-20-18(22)16-8-5-9-17(19)11-16;;/h4-11H,3,12-13,19H2,1-2H3,(H,20,22);2*1H. The van der Waals surface area contributed by atoms with Crippen LogP contribution in [0.3, 0.4) is 0 Å². The lowest BCUT2D eigenvalue weighted by molar-refractivity contribution is 0.0951. The second-order valence-electron chi connectivity index (χ2n) is 5.46. The number of nitrogens with zero attached hydrogens (tertiary/aromatic N) is 1. The predicted octanol–water partition coefficient (Wildman–Crippen LogP) is 3.49. The quantitative estimate of drug-likeness (QED) is 0.766. The molecule has 2 aromatic rings. The van der Waals surface area contributed by atoms with Crippen LogP contribution in [0.1, 0.15) is 28.4 Å². The lowest BCUT2D eigenvalue weighted by Gasteiger charge is -2.14. The summed E-state index contributed by atoms with van der Waals surface area (Å²) in [6.45, 7) is 4.57. The Morgan fingerprint density at radius 3 is 2.42 bits per heavy atom. The third-order valence-corrected chi connectivity index (χ3v) is 3.59. The molecule has 0 aliphatic rings. The number of carbonyl (C=O) groups excluding carboxylic acids is 1. The summed E-state index contributed by atoms with van der Waals surface area (Å²) in [7, 11) is 2.09. The van der Waals surface area contributed by atoms with Crippen LogP contribution < -0.4 is 11.1 Å². The molecule has 0 aromatic heterocycles. The van der Waals surface area contributed by atoms with Crippen LogP contribution in [-0.4, -0.2) is 24.4 Å². The zero-order valence-electron chi connectivity index (χ0n) is 14.0. The zero-order chi connectivity index (χ0) is 15.9. The van der Waals surface area contributed by atoms with Crippen LogP contribution in [0, 0.1) is 0 Å². The molecule has 0 aliphatic carbocycles. The molecular weight excluding hydrogens is 345 g/mol. The summed E-state index contributed by atoms with van der Waals surface area (Å²) in [5, 5.41) is 2.93. The number of nitrogens with two attached hydrogens (primary N) is 1. The molecule has 0 aliphatic heterocycles. The summed E-state index contributed by atoms with van der Waals surface area (Å²) in [6, 6.07) is 15.3. The molecule has 0 spiro atoms. The number of benzene rings is 2. The number of halogens is 2. The molecule has 0 fully saturated rings. The molecule has 2 aromatic carbocycles. The summed E-state index contributed by atoms with van der Waals surface area (Å²) in [5.41, 5.74) is 9.22. The van der Waals surface area contributed by atoms with Crippen LogP contribution in [0.2, 0.25) is 0 Å². The van der Waals surface area contributed by atoms with Crippen LogP contribution in [0.4, 0.5) is 5.69 Å². The molecule has 24 heavy (non-hydrogen) atoms. The topological polar surface area (TPSA) is 58.4 Å². The molecule has 0 saturated carbocycles. The van der Waals surface area contributed by atoms with E-state index in [4.69, 9.17) is 5.73 Å². The van der Waals surface area contributed by atoms with Gasteiger partial charge in [-0.05, 0) is 42.9 Å². The number of hydrogen-bond acceptors (Lipinski definition) is 3. The maximum absolute atomic E-state index is 12.1. The first-order valence-electron chi connectivity index (χ1n) is 7.48. The fourth-order valence-corrected chi connectivity index (χ4v) is 2.23. The number of carbonyl (C=O) groups is 1. The number of nitrogen functional groups attached to an aromatic ring is 1. The van der Waals surface area contributed by atoms with E-state index in [1.54, 1.807) is 24.3 Å². The Bertz CT molecular complexity index is 650. The minimum atomic E-state index is -0.108. The molecule has 2 rings (SSSR count). The molecule has 0 saturated heterocycles. The molecule has 4 nitrogen and oxygen atoms in total. The van der Waals surface area contributed by atoms with E-state index in [-0.39, 0.29) is 30.7 Å². The largest absolute Gasteiger partial charge is 0.399 e. The summed E-state index contributed by atoms with van der Waals surface area (Å²) in [6.07, 6.45) is 0. The van der Waals surface area contributed by atoms with E-state index in [1.165, 1.54) is 5.56 Å². The van der Waals surface area contributed by atoms with Gasteiger partial charge in [0.15, 0.2) is 0 Å². The van der Waals surface area contributed by atoms with Gasteiger partial charge in [0.2, 0.25) is 0 Å². The Balaban J connectivity index is 0.00000264. The second-order valence-corrected chi connectivity index (χ2v) is 5.46. The highest BCUT2D eigenvalue weighted by Crippen LogP contribution is 2.09. The van der Waals surface area contributed by atoms with Gasteiger partial charge in [-0.15, -0.1) is 24.8 Å². The molecule has 132 valence electrons. The van der Waals surface area contributed by atoms with Crippen molar-refractivity contribution in [3.05, 3.63) is 65.2 Å². The fraction of sp³-hybridized carbons (Fsp3) is 0.278.